The molecule has 9 heteroatoms. The van der Waals surface area contributed by atoms with Crippen LogP contribution in [0, 0.1) is 0 Å². The van der Waals surface area contributed by atoms with Gasteiger partial charge in [0.15, 0.2) is 5.78 Å². The normalized spacial score (nSPS) is 23.3. The summed E-state index contributed by atoms with van der Waals surface area (Å²) in [6.07, 6.45) is 4.57. The van der Waals surface area contributed by atoms with Gasteiger partial charge in [0, 0.05) is 11.8 Å². The van der Waals surface area contributed by atoms with Gasteiger partial charge in [-0.25, -0.2) is 4.79 Å². The largest absolute Gasteiger partial charge is 0.452 e. The maximum atomic E-state index is 13.6. The van der Waals surface area contributed by atoms with Crippen LogP contribution in [0.1, 0.15) is 37.1 Å². The molecule has 0 radical (unpaired) electrons. The lowest BCUT2D eigenvalue weighted by molar-refractivity contribution is 0.128. The van der Waals surface area contributed by atoms with E-state index in [4.69, 9.17) is 13.8 Å². The van der Waals surface area contributed by atoms with Crippen LogP contribution in [-0.4, -0.2) is 67.2 Å². The Bertz CT molecular complexity index is 1110. The fourth-order valence-electron chi connectivity index (χ4n) is 5.44. The number of rotatable bonds is 8. The van der Waals surface area contributed by atoms with Gasteiger partial charge in [-0.1, -0.05) is 66.7 Å². The number of ether oxygens (including phenoxy) is 1. The Labute approximate surface area is 219 Å². The van der Waals surface area contributed by atoms with Crippen molar-refractivity contribution in [2.75, 3.05) is 34.4 Å². The van der Waals surface area contributed by atoms with Crippen molar-refractivity contribution in [2.24, 2.45) is 0 Å². The number of hydrogen-bond acceptors (Lipinski definition) is 7. The van der Waals surface area contributed by atoms with Crippen LogP contribution in [0.15, 0.2) is 84.6 Å². The van der Waals surface area contributed by atoms with Crippen molar-refractivity contribution in [1.29, 1.82) is 0 Å². The summed E-state index contributed by atoms with van der Waals surface area (Å²) in [6.45, 7) is 3.88. The van der Waals surface area contributed by atoms with E-state index < -0.39 is 19.5 Å². The number of carbonyl (C=O) groups excluding carboxylic acids is 1. The molecule has 1 saturated heterocycles. The average Bonchev–Trinajstić information content (AvgIpc) is 3.18. The maximum Gasteiger partial charge on any atom is 0.414 e. The van der Waals surface area contributed by atoms with E-state index in [9.17, 15) is 9.36 Å². The predicted molar refractivity (Wildman–Crippen MR) is 144 cm³/mol. The molecule has 8 nitrogen and oxygen atoms in total. The van der Waals surface area contributed by atoms with E-state index in [1.54, 1.807) is 26.1 Å². The summed E-state index contributed by atoms with van der Waals surface area (Å²) in [5.41, 5.74) is 3.27. The summed E-state index contributed by atoms with van der Waals surface area (Å²) < 4.78 is 29.8. The Balaban J connectivity index is 1.76. The number of nitrogens with zero attached hydrogens (tertiary/aromatic N) is 3. The van der Waals surface area contributed by atoms with Gasteiger partial charge >= 0.3 is 13.7 Å². The van der Waals surface area contributed by atoms with E-state index in [-0.39, 0.29) is 31.5 Å². The van der Waals surface area contributed by atoms with Crippen LogP contribution in [0.5, 0.6) is 0 Å². The van der Waals surface area contributed by atoms with Crippen molar-refractivity contribution in [1.82, 2.24) is 14.7 Å². The first kappa shape index (κ1) is 27.3. The average molecular weight is 526 g/mol. The zero-order chi connectivity index (χ0) is 26.6. The lowest BCUT2D eigenvalue weighted by Crippen LogP contribution is -2.42. The molecule has 0 aliphatic carbocycles. The number of hydrogen-bond donors (Lipinski definition) is 0. The second-order valence-corrected chi connectivity index (χ2v) is 11.2. The molecule has 0 bridgehead atoms. The summed E-state index contributed by atoms with van der Waals surface area (Å²) in [7, 11) is 1.83. The number of methoxy groups -OCH3 is 1. The highest BCUT2D eigenvalue weighted by molar-refractivity contribution is 7.54. The lowest BCUT2D eigenvalue weighted by atomic mass is 9.93. The van der Waals surface area contributed by atoms with Crippen LogP contribution in [0.3, 0.4) is 0 Å². The summed E-state index contributed by atoms with van der Waals surface area (Å²) in [5, 5.41) is 0. The molecule has 2 aliphatic rings. The molecular weight excluding hydrogens is 489 g/mol. The Hall–Kier alpha value is -2.74. The van der Waals surface area contributed by atoms with Crippen LogP contribution in [0.25, 0.3) is 0 Å². The van der Waals surface area contributed by atoms with Crippen molar-refractivity contribution in [3.05, 3.63) is 95.7 Å². The zero-order valence-corrected chi connectivity index (χ0v) is 23.0. The Morgan fingerprint density at radius 2 is 1.35 bits per heavy atom. The summed E-state index contributed by atoms with van der Waals surface area (Å²) in [6, 6.07) is 21.0. The fraction of sp³-hybridized carbons (Fsp3) is 0.393. The second-order valence-electron chi connectivity index (χ2n) is 9.07. The molecule has 1 fully saturated rings. The maximum absolute atomic E-state index is 13.6. The molecule has 2 heterocycles. The van der Waals surface area contributed by atoms with Crippen LogP contribution in [0.4, 0.5) is 4.79 Å². The van der Waals surface area contributed by atoms with Gasteiger partial charge in [0.05, 0.1) is 38.6 Å². The zero-order valence-electron chi connectivity index (χ0n) is 22.1. The van der Waals surface area contributed by atoms with Crippen molar-refractivity contribution >= 4 is 13.7 Å². The van der Waals surface area contributed by atoms with Crippen molar-refractivity contribution in [2.45, 2.75) is 37.9 Å². The van der Waals surface area contributed by atoms with E-state index in [1.165, 1.54) is 23.1 Å². The first-order valence-electron chi connectivity index (χ1n) is 12.5. The van der Waals surface area contributed by atoms with Gasteiger partial charge in [0.2, 0.25) is 0 Å². The summed E-state index contributed by atoms with van der Waals surface area (Å²) in [4.78, 5) is 18.8. The smallest absolute Gasteiger partial charge is 0.414 e. The van der Waals surface area contributed by atoms with Gasteiger partial charge in [0.25, 0.3) is 0 Å². The van der Waals surface area contributed by atoms with E-state index in [1.807, 2.05) is 18.2 Å². The monoisotopic (exact) mass is 525 g/mol. The highest BCUT2D eigenvalue weighted by Gasteiger charge is 2.48. The van der Waals surface area contributed by atoms with Gasteiger partial charge in [-0.2, -0.15) is 0 Å². The second kappa shape index (κ2) is 11.8. The summed E-state index contributed by atoms with van der Waals surface area (Å²) in [5.74, 6) is -0.921. The molecule has 2 aromatic rings. The Morgan fingerprint density at radius 1 is 0.865 bits per heavy atom. The molecule has 1 amide bonds. The van der Waals surface area contributed by atoms with Crippen LogP contribution in [-0.2, 0) is 18.3 Å². The molecule has 2 aromatic carbocycles. The third-order valence-electron chi connectivity index (χ3n) is 6.89. The Morgan fingerprint density at radius 3 is 1.78 bits per heavy atom. The van der Waals surface area contributed by atoms with Gasteiger partial charge in [-0.3, -0.25) is 19.3 Å². The van der Waals surface area contributed by atoms with Gasteiger partial charge in [0.1, 0.15) is 0 Å². The minimum absolute atomic E-state index is 0.0650. The molecule has 1 unspecified atom stereocenters. The predicted octanol–water partition coefficient (Wildman–Crippen LogP) is 5.79. The minimum atomic E-state index is -3.66. The van der Waals surface area contributed by atoms with Gasteiger partial charge in [-0.15, -0.1) is 0 Å². The van der Waals surface area contributed by atoms with Crippen LogP contribution in [0.2, 0.25) is 0 Å². The van der Waals surface area contributed by atoms with E-state index in [0.717, 1.165) is 5.57 Å². The lowest BCUT2D eigenvalue weighted by Gasteiger charge is -2.36. The molecule has 2 aliphatic heterocycles. The molecule has 3 atom stereocenters. The molecule has 37 heavy (non-hydrogen) atoms. The molecule has 0 aromatic heterocycles. The van der Waals surface area contributed by atoms with E-state index >= 15 is 0 Å². The number of benzene rings is 2. The minimum Gasteiger partial charge on any atom is -0.452 e. The molecule has 0 spiro atoms. The number of likely N-dealkylation sites (N-methyl/N-ethyl adjacent to an activating group) is 2. The third kappa shape index (κ3) is 5.31. The number of amides is 1. The highest BCUT2D eigenvalue weighted by Crippen LogP contribution is 2.56. The quantitative estimate of drug-likeness (QED) is 0.404. The van der Waals surface area contributed by atoms with Gasteiger partial charge in [-0.05, 0) is 45.1 Å². The first-order chi connectivity index (χ1) is 17.9. The molecule has 0 saturated carbocycles. The fourth-order valence-corrected chi connectivity index (χ4v) is 7.30. The third-order valence-corrected chi connectivity index (χ3v) is 9.20. The Kier molecular flexibility index (Phi) is 8.67. The molecule has 198 valence electrons. The topological polar surface area (TPSA) is 71.6 Å². The van der Waals surface area contributed by atoms with E-state index in [0.29, 0.717) is 0 Å². The highest BCUT2D eigenvalue weighted by atomic mass is 31.2. The SMILES string of the molecule is CCOP(=O)(OCC)C1C=CC(C2N(C)[C@@H](c3ccccc3)[C@H](c3ccccc3)N2C)=CN1C(=O)OC. The number of carbonyl (C=O) groups is 1. The van der Waals surface area contributed by atoms with Crippen molar-refractivity contribution in [3.63, 3.8) is 0 Å². The summed E-state index contributed by atoms with van der Waals surface area (Å²) >= 11 is 0. The van der Waals surface area contributed by atoms with Gasteiger partial charge < -0.3 is 13.8 Å². The van der Waals surface area contributed by atoms with Crippen molar-refractivity contribution in [3.8, 4) is 0 Å². The first-order valence-corrected chi connectivity index (χ1v) is 14.2. The molecular formula is C28H36N3O5P. The molecule has 0 N–H and O–H groups in total. The van der Waals surface area contributed by atoms with Crippen molar-refractivity contribution < 1.29 is 23.1 Å². The van der Waals surface area contributed by atoms with Crippen LogP contribution >= 0.6 is 7.60 Å². The van der Waals surface area contributed by atoms with E-state index in [2.05, 4.69) is 72.4 Å². The standard InChI is InChI=1S/C28H36N3O5P/c1-6-35-37(33,36-7-2)24-19-18-23(20-31(24)28(32)34-5)27-29(3)25(21-14-10-8-11-15-21)26(30(27)4)22-16-12-9-13-17-22/h8-20,24-27H,6-7H2,1-5H3/t24?,25-,26-/m0/s1. The molecule has 4 rings (SSSR count). The van der Waals surface area contributed by atoms with Crippen LogP contribution < -0.4 is 0 Å².